The zero-order valence-electron chi connectivity index (χ0n) is 12.7. The number of nitrogens with zero attached hydrogens (tertiary/aromatic N) is 3. The van der Waals surface area contributed by atoms with Gasteiger partial charge in [-0.2, -0.15) is 0 Å². The fourth-order valence-corrected chi connectivity index (χ4v) is 2.55. The van der Waals surface area contributed by atoms with E-state index in [-0.39, 0.29) is 11.7 Å². The molecule has 0 saturated heterocycles. The molecule has 0 fully saturated rings. The van der Waals surface area contributed by atoms with E-state index in [1.807, 2.05) is 32.0 Å². The number of aryl methyl sites for hydroxylation is 1. The van der Waals surface area contributed by atoms with Gasteiger partial charge in [-0.15, -0.1) is 5.10 Å². The fraction of sp³-hybridized carbons (Fsp3) is 0.438. The van der Waals surface area contributed by atoms with E-state index in [0.717, 1.165) is 24.0 Å². The average Bonchev–Trinajstić information content (AvgIpc) is 2.83. The van der Waals surface area contributed by atoms with E-state index in [4.69, 9.17) is 0 Å². The molecule has 0 aliphatic rings. The Labute approximate surface area is 124 Å². The quantitative estimate of drug-likeness (QED) is 0.885. The maximum absolute atomic E-state index is 11.4. The Morgan fingerprint density at radius 3 is 2.81 bits per heavy atom. The molecule has 21 heavy (non-hydrogen) atoms. The number of carboxylic acids is 1. The maximum Gasteiger partial charge on any atom is 0.358 e. The Morgan fingerprint density at radius 1 is 1.43 bits per heavy atom. The molecular formula is C16H21N3O2. The van der Waals surface area contributed by atoms with Crippen LogP contribution in [0.2, 0.25) is 0 Å². The van der Waals surface area contributed by atoms with Crippen LogP contribution in [0.15, 0.2) is 24.3 Å². The number of carbonyl (C=O) groups is 1. The van der Waals surface area contributed by atoms with Gasteiger partial charge < -0.3 is 5.11 Å². The second kappa shape index (κ2) is 6.52. The summed E-state index contributed by atoms with van der Waals surface area (Å²) in [6.07, 6.45) is 2.50. The molecule has 2 aromatic rings. The highest BCUT2D eigenvalue weighted by Crippen LogP contribution is 2.20. The van der Waals surface area contributed by atoms with Gasteiger partial charge in [0, 0.05) is 6.42 Å². The van der Waals surface area contributed by atoms with E-state index in [9.17, 15) is 9.90 Å². The summed E-state index contributed by atoms with van der Waals surface area (Å²) in [4.78, 5) is 11.4. The monoisotopic (exact) mass is 287 g/mol. The second-order valence-electron chi connectivity index (χ2n) is 5.44. The van der Waals surface area contributed by atoms with Gasteiger partial charge >= 0.3 is 5.97 Å². The summed E-state index contributed by atoms with van der Waals surface area (Å²) >= 11 is 0. The first-order valence-corrected chi connectivity index (χ1v) is 7.25. The SMILES string of the molecule is CCCC(C)n1nnc(C(=O)O)c1Cc1cccc(C)c1. The Kier molecular flexibility index (Phi) is 4.73. The standard InChI is InChI=1S/C16H21N3O2/c1-4-6-12(3)19-14(15(16(20)21)17-18-19)10-13-8-5-7-11(2)9-13/h5,7-9,12H,4,6,10H2,1-3H3,(H,20,21). The van der Waals surface area contributed by atoms with Crippen molar-refractivity contribution in [3.8, 4) is 0 Å². The number of hydrogen-bond donors (Lipinski definition) is 1. The van der Waals surface area contributed by atoms with Gasteiger partial charge in [-0.05, 0) is 25.8 Å². The fourth-order valence-electron chi connectivity index (χ4n) is 2.55. The van der Waals surface area contributed by atoms with Crippen LogP contribution in [0.1, 0.15) is 60.0 Å². The van der Waals surface area contributed by atoms with Gasteiger partial charge in [0.1, 0.15) is 0 Å². The van der Waals surface area contributed by atoms with Crippen molar-refractivity contribution in [1.82, 2.24) is 15.0 Å². The number of rotatable bonds is 6. The largest absolute Gasteiger partial charge is 0.476 e. The molecule has 1 unspecified atom stereocenters. The molecule has 0 radical (unpaired) electrons. The van der Waals surface area contributed by atoms with E-state index in [1.54, 1.807) is 4.68 Å². The van der Waals surface area contributed by atoms with Crippen LogP contribution < -0.4 is 0 Å². The molecule has 1 aromatic carbocycles. The van der Waals surface area contributed by atoms with Crippen molar-refractivity contribution < 1.29 is 9.90 Å². The zero-order valence-corrected chi connectivity index (χ0v) is 12.7. The summed E-state index contributed by atoms with van der Waals surface area (Å²) in [6, 6.07) is 8.22. The molecule has 2 rings (SSSR count). The molecule has 112 valence electrons. The number of carboxylic acid groups (broad SMARTS) is 1. The lowest BCUT2D eigenvalue weighted by Gasteiger charge is -2.14. The number of benzene rings is 1. The summed E-state index contributed by atoms with van der Waals surface area (Å²) in [5.74, 6) is -1.02. The van der Waals surface area contributed by atoms with Gasteiger partial charge in [0.15, 0.2) is 5.69 Å². The first-order valence-electron chi connectivity index (χ1n) is 7.25. The van der Waals surface area contributed by atoms with Crippen molar-refractivity contribution >= 4 is 5.97 Å². The molecule has 0 aliphatic carbocycles. The molecule has 5 nitrogen and oxygen atoms in total. The van der Waals surface area contributed by atoms with E-state index < -0.39 is 5.97 Å². The van der Waals surface area contributed by atoms with Gasteiger partial charge in [-0.3, -0.25) is 0 Å². The highest BCUT2D eigenvalue weighted by Gasteiger charge is 2.21. The molecule has 1 atom stereocenters. The Balaban J connectivity index is 2.39. The Hall–Kier alpha value is -2.17. The van der Waals surface area contributed by atoms with E-state index >= 15 is 0 Å². The number of aromatic nitrogens is 3. The molecule has 0 bridgehead atoms. The van der Waals surface area contributed by atoms with Crippen LogP contribution in [0, 0.1) is 6.92 Å². The summed E-state index contributed by atoms with van der Waals surface area (Å²) in [5, 5.41) is 17.2. The number of hydrogen-bond acceptors (Lipinski definition) is 3. The van der Waals surface area contributed by atoms with Crippen LogP contribution in [0.5, 0.6) is 0 Å². The minimum atomic E-state index is -1.02. The summed E-state index contributed by atoms with van der Waals surface area (Å²) in [6.45, 7) is 6.17. The van der Waals surface area contributed by atoms with Gasteiger partial charge in [-0.25, -0.2) is 9.48 Å². The summed E-state index contributed by atoms with van der Waals surface area (Å²) < 4.78 is 1.76. The lowest BCUT2D eigenvalue weighted by Crippen LogP contribution is -2.13. The van der Waals surface area contributed by atoms with Crippen LogP contribution >= 0.6 is 0 Å². The van der Waals surface area contributed by atoms with Crippen molar-refractivity contribution in [1.29, 1.82) is 0 Å². The lowest BCUT2D eigenvalue weighted by molar-refractivity contribution is 0.0689. The van der Waals surface area contributed by atoms with Crippen molar-refractivity contribution in [3.63, 3.8) is 0 Å². The molecular weight excluding hydrogens is 266 g/mol. The zero-order chi connectivity index (χ0) is 15.4. The molecule has 1 N–H and O–H groups in total. The topological polar surface area (TPSA) is 68.0 Å². The van der Waals surface area contributed by atoms with Crippen molar-refractivity contribution in [2.24, 2.45) is 0 Å². The van der Waals surface area contributed by atoms with Crippen molar-refractivity contribution in [2.45, 2.75) is 46.1 Å². The molecule has 0 spiro atoms. The third-order valence-corrected chi connectivity index (χ3v) is 3.57. The molecule has 5 heteroatoms. The third kappa shape index (κ3) is 3.48. The van der Waals surface area contributed by atoms with Gasteiger partial charge in [-0.1, -0.05) is 48.4 Å². The normalized spacial score (nSPS) is 12.3. The Morgan fingerprint density at radius 2 is 2.19 bits per heavy atom. The van der Waals surface area contributed by atoms with Crippen molar-refractivity contribution in [3.05, 3.63) is 46.8 Å². The average molecular weight is 287 g/mol. The van der Waals surface area contributed by atoms with Gasteiger partial charge in [0.05, 0.1) is 11.7 Å². The first-order chi connectivity index (χ1) is 10.0. The predicted molar refractivity (Wildman–Crippen MR) is 80.6 cm³/mol. The molecule has 1 aromatic heterocycles. The van der Waals surface area contributed by atoms with Crippen LogP contribution in [-0.2, 0) is 6.42 Å². The van der Waals surface area contributed by atoms with Gasteiger partial charge in [0.2, 0.25) is 0 Å². The number of aromatic carboxylic acids is 1. The van der Waals surface area contributed by atoms with E-state index in [1.165, 1.54) is 0 Å². The summed E-state index contributed by atoms with van der Waals surface area (Å²) in [7, 11) is 0. The highest BCUT2D eigenvalue weighted by molar-refractivity contribution is 5.86. The third-order valence-electron chi connectivity index (χ3n) is 3.57. The molecule has 0 aliphatic heterocycles. The molecule has 1 heterocycles. The predicted octanol–water partition coefficient (Wildman–Crippen LogP) is 3.24. The maximum atomic E-state index is 11.4. The smallest absolute Gasteiger partial charge is 0.358 e. The summed E-state index contributed by atoms with van der Waals surface area (Å²) in [5.41, 5.74) is 2.96. The first kappa shape index (κ1) is 15.2. The molecule has 0 saturated carbocycles. The van der Waals surface area contributed by atoms with Crippen molar-refractivity contribution in [2.75, 3.05) is 0 Å². The van der Waals surface area contributed by atoms with Crippen LogP contribution in [-0.4, -0.2) is 26.1 Å². The van der Waals surface area contributed by atoms with Gasteiger partial charge in [0.25, 0.3) is 0 Å². The molecule has 0 amide bonds. The van der Waals surface area contributed by atoms with Crippen LogP contribution in [0.3, 0.4) is 0 Å². The highest BCUT2D eigenvalue weighted by atomic mass is 16.4. The van der Waals surface area contributed by atoms with Crippen LogP contribution in [0.25, 0.3) is 0 Å². The van der Waals surface area contributed by atoms with E-state index in [0.29, 0.717) is 12.1 Å². The minimum Gasteiger partial charge on any atom is -0.476 e. The second-order valence-corrected chi connectivity index (χ2v) is 5.44. The van der Waals surface area contributed by atoms with E-state index in [2.05, 4.69) is 23.3 Å². The minimum absolute atomic E-state index is 0.0551. The Bertz CT molecular complexity index is 634. The van der Waals surface area contributed by atoms with Crippen LogP contribution in [0.4, 0.5) is 0 Å². The lowest BCUT2D eigenvalue weighted by atomic mass is 10.0.